The molecule has 0 amide bonds. The van der Waals surface area contributed by atoms with E-state index in [0.717, 1.165) is 31.0 Å². The number of hydrogen-bond acceptors (Lipinski definition) is 2. The molecule has 0 aliphatic carbocycles. The molecule has 1 unspecified atom stereocenters. The van der Waals surface area contributed by atoms with Gasteiger partial charge in [0.05, 0.1) is 6.10 Å². The van der Waals surface area contributed by atoms with E-state index in [1.807, 2.05) is 13.0 Å². The van der Waals surface area contributed by atoms with E-state index in [4.69, 9.17) is 0 Å². The summed E-state index contributed by atoms with van der Waals surface area (Å²) in [6.45, 7) is 6.58. The highest BCUT2D eigenvalue weighted by Gasteiger charge is 2.21. The van der Waals surface area contributed by atoms with Crippen molar-refractivity contribution in [1.82, 2.24) is 0 Å². The molecule has 1 aliphatic heterocycles. The van der Waals surface area contributed by atoms with Gasteiger partial charge in [-0.15, -0.1) is 0 Å². The van der Waals surface area contributed by atoms with Crippen molar-refractivity contribution in [1.29, 1.82) is 0 Å². The molecule has 2 atom stereocenters. The monoisotopic (exact) mass is 247 g/mol. The van der Waals surface area contributed by atoms with Crippen molar-refractivity contribution in [2.75, 3.05) is 18.0 Å². The van der Waals surface area contributed by atoms with Gasteiger partial charge in [-0.25, -0.2) is 0 Å². The average Bonchev–Trinajstić information content (AvgIpc) is 2.46. The minimum atomic E-state index is -0.330. The van der Waals surface area contributed by atoms with Gasteiger partial charge >= 0.3 is 0 Å². The molecule has 1 fully saturated rings. The highest BCUT2D eigenvalue weighted by Crippen LogP contribution is 2.31. The Bertz CT molecular complexity index is 377. The normalized spacial score (nSPS) is 21.9. The Hall–Kier alpha value is -1.02. The molecule has 18 heavy (non-hydrogen) atoms. The molecule has 1 saturated heterocycles. The topological polar surface area (TPSA) is 23.5 Å². The maximum atomic E-state index is 10.1. The Morgan fingerprint density at radius 3 is 2.83 bits per heavy atom. The van der Waals surface area contributed by atoms with Gasteiger partial charge in [0.2, 0.25) is 0 Å². The Morgan fingerprint density at radius 2 is 2.11 bits per heavy atom. The predicted molar refractivity (Wildman–Crippen MR) is 76.9 cm³/mol. The molecule has 0 spiro atoms. The van der Waals surface area contributed by atoms with Gasteiger partial charge in [0, 0.05) is 24.3 Å². The van der Waals surface area contributed by atoms with E-state index in [-0.39, 0.29) is 6.10 Å². The molecule has 1 heterocycles. The number of anilines is 1. The van der Waals surface area contributed by atoms with Crippen molar-refractivity contribution in [3.8, 4) is 0 Å². The second kappa shape index (κ2) is 6.24. The molecule has 2 nitrogen and oxygen atoms in total. The van der Waals surface area contributed by atoms with Gasteiger partial charge < -0.3 is 10.0 Å². The Balaban J connectivity index is 2.21. The van der Waals surface area contributed by atoms with Crippen LogP contribution in [0.3, 0.4) is 0 Å². The van der Waals surface area contributed by atoms with Crippen LogP contribution in [0.2, 0.25) is 0 Å². The summed E-state index contributed by atoms with van der Waals surface area (Å²) < 4.78 is 0. The number of piperidine rings is 1. The molecule has 1 aliphatic rings. The highest BCUT2D eigenvalue weighted by molar-refractivity contribution is 5.55. The van der Waals surface area contributed by atoms with Crippen molar-refractivity contribution in [2.24, 2.45) is 5.92 Å². The number of benzene rings is 1. The van der Waals surface area contributed by atoms with Crippen molar-refractivity contribution in [3.05, 3.63) is 29.8 Å². The number of aliphatic hydroxyl groups excluding tert-OH is 1. The van der Waals surface area contributed by atoms with Gasteiger partial charge in [-0.3, -0.25) is 0 Å². The first-order valence-electron chi connectivity index (χ1n) is 7.28. The summed E-state index contributed by atoms with van der Waals surface area (Å²) >= 11 is 0. The number of para-hydroxylation sites is 1. The SMILES string of the molecule is CCC1CCCN(c2ccccc2[C@H](O)CC)C1. The number of hydrogen-bond donors (Lipinski definition) is 1. The lowest BCUT2D eigenvalue weighted by Gasteiger charge is -2.35. The lowest BCUT2D eigenvalue weighted by molar-refractivity contribution is 0.174. The summed E-state index contributed by atoms with van der Waals surface area (Å²) in [7, 11) is 0. The van der Waals surface area contributed by atoms with E-state index >= 15 is 0 Å². The molecule has 0 aromatic heterocycles. The minimum absolute atomic E-state index is 0.330. The first kappa shape index (κ1) is 13.4. The molecule has 100 valence electrons. The van der Waals surface area contributed by atoms with Crippen molar-refractivity contribution < 1.29 is 5.11 Å². The molecular formula is C16H25NO. The van der Waals surface area contributed by atoms with Crippen LogP contribution in [0.5, 0.6) is 0 Å². The highest BCUT2D eigenvalue weighted by atomic mass is 16.3. The van der Waals surface area contributed by atoms with Crippen LogP contribution < -0.4 is 4.90 Å². The van der Waals surface area contributed by atoms with Gasteiger partial charge in [0.1, 0.15) is 0 Å². The number of rotatable bonds is 4. The molecule has 0 bridgehead atoms. The van der Waals surface area contributed by atoms with Crippen molar-refractivity contribution in [2.45, 2.75) is 45.6 Å². The summed E-state index contributed by atoms with van der Waals surface area (Å²) in [5.74, 6) is 0.811. The first-order valence-corrected chi connectivity index (χ1v) is 7.28. The molecule has 1 aromatic rings. The van der Waals surface area contributed by atoms with Crippen molar-refractivity contribution >= 4 is 5.69 Å². The third-order valence-corrected chi connectivity index (χ3v) is 4.12. The van der Waals surface area contributed by atoms with Gasteiger partial charge in [-0.1, -0.05) is 38.5 Å². The lowest BCUT2D eigenvalue weighted by Crippen LogP contribution is -2.35. The number of nitrogens with zero attached hydrogens (tertiary/aromatic N) is 1. The minimum Gasteiger partial charge on any atom is -0.388 e. The largest absolute Gasteiger partial charge is 0.388 e. The van der Waals surface area contributed by atoms with Gasteiger partial charge in [-0.2, -0.15) is 0 Å². The van der Waals surface area contributed by atoms with Gasteiger partial charge in [0.25, 0.3) is 0 Å². The summed E-state index contributed by atoms with van der Waals surface area (Å²) in [4.78, 5) is 2.46. The second-order valence-corrected chi connectivity index (χ2v) is 5.35. The fraction of sp³-hybridized carbons (Fsp3) is 0.625. The van der Waals surface area contributed by atoms with Crippen LogP contribution in [0.15, 0.2) is 24.3 Å². The Morgan fingerprint density at radius 1 is 1.33 bits per heavy atom. The maximum absolute atomic E-state index is 10.1. The van der Waals surface area contributed by atoms with E-state index in [9.17, 15) is 5.11 Å². The van der Waals surface area contributed by atoms with Crippen molar-refractivity contribution in [3.63, 3.8) is 0 Å². The van der Waals surface area contributed by atoms with Crippen LogP contribution in [-0.4, -0.2) is 18.2 Å². The first-order chi connectivity index (χ1) is 8.76. The molecule has 0 radical (unpaired) electrons. The summed E-state index contributed by atoms with van der Waals surface area (Å²) in [5.41, 5.74) is 2.33. The zero-order valence-corrected chi connectivity index (χ0v) is 11.6. The Labute approximate surface area is 111 Å². The van der Waals surface area contributed by atoms with Crippen LogP contribution in [0.25, 0.3) is 0 Å². The molecular weight excluding hydrogens is 222 g/mol. The fourth-order valence-electron chi connectivity index (χ4n) is 2.89. The standard InChI is InChI=1S/C16H25NO/c1-3-13-8-7-11-17(12-13)15-10-6-5-9-14(15)16(18)4-2/h5-6,9-10,13,16,18H,3-4,7-8,11-12H2,1-2H3/t13?,16-/m1/s1. The summed E-state index contributed by atoms with van der Waals surface area (Å²) in [6.07, 6.45) is 4.33. The van der Waals surface area contributed by atoms with Crippen LogP contribution in [0.4, 0.5) is 5.69 Å². The quantitative estimate of drug-likeness (QED) is 0.875. The van der Waals surface area contributed by atoms with Crippen LogP contribution in [-0.2, 0) is 0 Å². The van der Waals surface area contributed by atoms with Crippen LogP contribution in [0, 0.1) is 5.92 Å². The van der Waals surface area contributed by atoms with E-state index in [1.54, 1.807) is 0 Å². The predicted octanol–water partition coefficient (Wildman–Crippen LogP) is 3.76. The van der Waals surface area contributed by atoms with Gasteiger partial charge in [0.15, 0.2) is 0 Å². The lowest BCUT2D eigenvalue weighted by atomic mass is 9.94. The summed E-state index contributed by atoms with van der Waals surface area (Å²) in [6, 6.07) is 8.33. The summed E-state index contributed by atoms with van der Waals surface area (Å²) in [5, 5.41) is 10.1. The van der Waals surface area contributed by atoms with E-state index in [2.05, 4.69) is 30.0 Å². The number of aliphatic hydroxyl groups is 1. The Kier molecular flexibility index (Phi) is 4.65. The van der Waals surface area contributed by atoms with Crippen LogP contribution in [0.1, 0.15) is 51.2 Å². The molecule has 1 N–H and O–H groups in total. The van der Waals surface area contributed by atoms with E-state index < -0.39 is 0 Å². The second-order valence-electron chi connectivity index (χ2n) is 5.35. The fourth-order valence-corrected chi connectivity index (χ4v) is 2.89. The van der Waals surface area contributed by atoms with Crippen LogP contribution >= 0.6 is 0 Å². The zero-order chi connectivity index (χ0) is 13.0. The van der Waals surface area contributed by atoms with E-state index in [0.29, 0.717) is 0 Å². The average molecular weight is 247 g/mol. The molecule has 2 rings (SSSR count). The van der Waals surface area contributed by atoms with Gasteiger partial charge in [-0.05, 0) is 31.2 Å². The molecule has 2 heteroatoms. The zero-order valence-electron chi connectivity index (χ0n) is 11.6. The third kappa shape index (κ3) is 2.86. The maximum Gasteiger partial charge on any atom is 0.0807 e. The molecule has 1 aromatic carbocycles. The smallest absolute Gasteiger partial charge is 0.0807 e. The van der Waals surface area contributed by atoms with E-state index in [1.165, 1.54) is 24.9 Å². The molecule has 0 saturated carbocycles. The third-order valence-electron chi connectivity index (χ3n) is 4.12.